The molecule has 0 saturated heterocycles. The van der Waals surface area contributed by atoms with Crippen LogP contribution in [0.4, 0.5) is 10.2 Å². The van der Waals surface area contributed by atoms with Gasteiger partial charge in [-0.15, -0.1) is 0 Å². The van der Waals surface area contributed by atoms with Crippen molar-refractivity contribution >= 4 is 23.3 Å². The number of hydrogen-bond donors (Lipinski definition) is 1. The van der Waals surface area contributed by atoms with E-state index in [1.165, 1.54) is 16.8 Å². The number of hydrogen-bond acceptors (Lipinski definition) is 3. The van der Waals surface area contributed by atoms with Gasteiger partial charge in [0.25, 0.3) is 5.91 Å². The second-order valence-corrected chi connectivity index (χ2v) is 4.82. The van der Waals surface area contributed by atoms with Crippen molar-refractivity contribution < 1.29 is 9.18 Å². The number of carbonyl (C=O) groups excluding carboxylic acids is 1. The van der Waals surface area contributed by atoms with Gasteiger partial charge in [-0.2, -0.15) is 10.4 Å². The van der Waals surface area contributed by atoms with Crippen molar-refractivity contribution in [1.29, 1.82) is 5.26 Å². The highest BCUT2D eigenvalue weighted by molar-refractivity contribution is 6.30. The molecule has 21 heavy (non-hydrogen) atoms. The van der Waals surface area contributed by atoms with Crippen LogP contribution in [-0.4, -0.2) is 15.7 Å². The van der Waals surface area contributed by atoms with Gasteiger partial charge in [-0.1, -0.05) is 11.6 Å². The Hall–Kier alpha value is -2.39. The quantitative estimate of drug-likeness (QED) is 0.943. The summed E-state index contributed by atoms with van der Waals surface area (Å²) >= 11 is 5.65. The molecule has 0 atom stereocenters. The highest BCUT2D eigenvalue weighted by atomic mass is 35.5. The molecule has 2 rings (SSSR count). The van der Waals surface area contributed by atoms with Crippen LogP contribution < -0.4 is 5.32 Å². The minimum absolute atomic E-state index is 0.106. The highest BCUT2D eigenvalue weighted by Gasteiger charge is 2.15. The van der Waals surface area contributed by atoms with Crippen LogP contribution in [0, 0.1) is 24.1 Å². The molecule has 0 unspecified atom stereocenters. The molecule has 0 aliphatic rings. The number of rotatable bonds is 4. The van der Waals surface area contributed by atoms with E-state index in [2.05, 4.69) is 10.4 Å². The molecule has 1 aromatic carbocycles. The van der Waals surface area contributed by atoms with E-state index in [-0.39, 0.29) is 17.0 Å². The van der Waals surface area contributed by atoms with E-state index in [1.807, 2.05) is 6.07 Å². The van der Waals surface area contributed by atoms with Gasteiger partial charge in [0.1, 0.15) is 11.6 Å². The van der Waals surface area contributed by atoms with Gasteiger partial charge in [0, 0.05) is 11.1 Å². The number of aromatic nitrogens is 2. The number of amides is 1. The van der Waals surface area contributed by atoms with Crippen LogP contribution in [0.5, 0.6) is 0 Å². The fourth-order valence-corrected chi connectivity index (χ4v) is 1.99. The monoisotopic (exact) mass is 306 g/mol. The molecule has 1 amide bonds. The summed E-state index contributed by atoms with van der Waals surface area (Å²) in [6, 6.07) is 7.50. The van der Waals surface area contributed by atoms with Crippen LogP contribution in [0.25, 0.3) is 0 Å². The van der Waals surface area contributed by atoms with Crippen LogP contribution in [0.15, 0.2) is 24.3 Å². The third-order valence-corrected chi connectivity index (χ3v) is 2.99. The summed E-state index contributed by atoms with van der Waals surface area (Å²) in [6.45, 7) is 2.12. The van der Waals surface area contributed by atoms with E-state index in [1.54, 1.807) is 13.0 Å². The molecular formula is C14H12ClFN4O. The molecule has 108 valence electrons. The highest BCUT2D eigenvalue weighted by Crippen LogP contribution is 2.17. The Balaban J connectivity index is 2.21. The fraction of sp³-hybridized carbons (Fsp3) is 0.214. The van der Waals surface area contributed by atoms with Crippen LogP contribution >= 0.6 is 11.6 Å². The van der Waals surface area contributed by atoms with Gasteiger partial charge in [-0.05, 0) is 25.1 Å². The van der Waals surface area contributed by atoms with Crippen molar-refractivity contribution in [2.24, 2.45) is 0 Å². The van der Waals surface area contributed by atoms with E-state index in [0.29, 0.717) is 18.1 Å². The van der Waals surface area contributed by atoms with Gasteiger partial charge in [0.05, 0.1) is 30.3 Å². The molecule has 1 heterocycles. The molecule has 5 nitrogen and oxygen atoms in total. The standard InChI is InChI=1S/C14H12ClFN4O/c1-9-7-13(20(19-9)6-2-5-17)18-14(21)11-4-3-10(15)8-12(11)16/h3-4,7-8H,2,6H2,1H3,(H,18,21). The van der Waals surface area contributed by atoms with E-state index >= 15 is 0 Å². The third kappa shape index (κ3) is 3.58. The van der Waals surface area contributed by atoms with E-state index in [4.69, 9.17) is 16.9 Å². The lowest BCUT2D eigenvalue weighted by Crippen LogP contribution is -2.17. The van der Waals surface area contributed by atoms with Crippen LogP contribution in [0.1, 0.15) is 22.5 Å². The van der Waals surface area contributed by atoms with Crippen molar-refractivity contribution in [3.05, 3.63) is 46.4 Å². The maximum absolute atomic E-state index is 13.7. The number of anilines is 1. The molecule has 0 bridgehead atoms. The summed E-state index contributed by atoms with van der Waals surface area (Å²) in [4.78, 5) is 12.1. The summed E-state index contributed by atoms with van der Waals surface area (Å²) in [5.41, 5.74) is 0.588. The molecule has 0 radical (unpaired) electrons. The summed E-state index contributed by atoms with van der Waals surface area (Å²) in [5.74, 6) is -0.871. The zero-order chi connectivity index (χ0) is 15.4. The number of nitriles is 1. The number of nitrogens with zero attached hydrogens (tertiary/aromatic N) is 3. The zero-order valence-corrected chi connectivity index (χ0v) is 12.0. The maximum atomic E-state index is 13.7. The number of nitrogens with one attached hydrogen (secondary N) is 1. The summed E-state index contributed by atoms with van der Waals surface area (Å²) in [7, 11) is 0. The van der Waals surface area contributed by atoms with Gasteiger partial charge >= 0.3 is 0 Å². The molecule has 1 aromatic heterocycles. The lowest BCUT2D eigenvalue weighted by Gasteiger charge is -2.08. The Morgan fingerprint density at radius 3 is 2.95 bits per heavy atom. The second kappa shape index (κ2) is 6.37. The van der Waals surface area contributed by atoms with Crippen LogP contribution in [0.2, 0.25) is 5.02 Å². The maximum Gasteiger partial charge on any atom is 0.259 e. The molecule has 2 aromatic rings. The van der Waals surface area contributed by atoms with Gasteiger partial charge < -0.3 is 5.32 Å². The molecule has 0 aliphatic carbocycles. The van der Waals surface area contributed by atoms with Gasteiger partial charge in [0.15, 0.2) is 0 Å². The summed E-state index contributed by atoms with van der Waals surface area (Å²) in [5, 5.41) is 15.6. The number of aryl methyl sites for hydroxylation is 2. The minimum Gasteiger partial charge on any atom is -0.307 e. The molecule has 7 heteroatoms. The van der Waals surface area contributed by atoms with Gasteiger partial charge in [-0.3, -0.25) is 4.79 Å². The topological polar surface area (TPSA) is 70.7 Å². The van der Waals surface area contributed by atoms with Crippen LogP contribution in [0.3, 0.4) is 0 Å². The number of benzene rings is 1. The van der Waals surface area contributed by atoms with Crippen molar-refractivity contribution in [1.82, 2.24) is 9.78 Å². The number of carbonyl (C=O) groups is 1. The van der Waals surface area contributed by atoms with E-state index in [0.717, 1.165) is 6.07 Å². The SMILES string of the molecule is Cc1cc(NC(=O)c2ccc(Cl)cc2F)n(CCC#N)n1. The minimum atomic E-state index is -0.695. The summed E-state index contributed by atoms with van der Waals surface area (Å²) < 4.78 is 15.2. The Morgan fingerprint density at radius 1 is 1.52 bits per heavy atom. The van der Waals surface area contributed by atoms with Crippen molar-refractivity contribution in [2.75, 3.05) is 5.32 Å². The molecule has 0 fully saturated rings. The average Bonchev–Trinajstić information content (AvgIpc) is 2.76. The lowest BCUT2D eigenvalue weighted by molar-refractivity contribution is 0.102. The lowest BCUT2D eigenvalue weighted by atomic mass is 10.2. The predicted molar refractivity (Wildman–Crippen MR) is 76.6 cm³/mol. The Bertz CT molecular complexity index is 720. The summed E-state index contributed by atoms with van der Waals surface area (Å²) in [6.07, 6.45) is 0.263. The van der Waals surface area contributed by atoms with Crippen LogP contribution in [-0.2, 0) is 6.54 Å². The first-order valence-corrected chi connectivity index (χ1v) is 6.57. The van der Waals surface area contributed by atoms with E-state index < -0.39 is 11.7 Å². The Morgan fingerprint density at radius 2 is 2.29 bits per heavy atom. The normalized spacial score (nSPS) is 10.2. The van der Waals surface area contributed by atoms with E-state index in [9.17, 15) is 9.18 Å². The second-order valence-electron chi connectivity index (χ2n) is 4.38. The molecule has 0 spiro atoms. The first-order chi connectivity index (χ1) is 10.0. The van der Waals surface area contributed by atoms with Gasteiger partial charge in [-0.25, -0.2) is 9.07 Å². The smallest absolute Gasteiger partial charge is 0.259 e. The first kappa shape index (κ1) is 15.0. The first-order valence-electron chi connectivity index (χ1n) is 6.19. The van der Waals surface area contributed by atoms with Crippen molar-refractivity contribution in [2.45, 2.75) is 19.9 Å². The molecule has 0 saturated carbocycles. The molecular weight excluding hydrogens is 295 g/mol. The fourth-order valence-electron chi connectivity index (χ4n) is 1.83. The predicted octanol–water partition coefficient (Wildman–Crippen LogP) is 3.15. The largest absolute Gasteiger partial charge is 0.307 e. The Kier molecular flexibility index (Phi) is 4.55. The Labute approximate surface area is 125 Å². The van der Waals surface area contributed by atoms with Crippen molar-refractivity contribution in [3.63, 3.8) is 0 Å². The number of halogens is 2. The average molecular weight is 307 g/mol. The molecule has 0 aliphatic heterocycles. The van der Waals surface area contributed by atoms with Gasteiger partial charge in [0.2, 0.25) is 0 Å². The third-order valence-electron chi connectivity index (χ3n) is 2.75. The van der Waals surface area contributed by atoms with Crippen molar-refractivity contribution in [3.8, 4) is 6.07 Å². The molecule has 1 N–H and O–H groups in total. The zero-order valence-electron chi connectivity index (χ0n) is 11.2.